The van der Waals surface area contributed by atoms with E-state index in [-0.39, 0.29) is 0 Å². The van der Waals surface area contributed by atoms with Crippen LogP contribution in [0.25, 0.3) is 22.3 Å². The van der Waals surface area contributed by atoms with Gasteiger partial charge in [-0.2, -0.15) is 0 Å². The van der Waals surface area contributed by atoms with E-state index < -0.39 is 0 Å². The van der Waals surface area contributed by atoms with Crippen molar-refractivity contribution in [2.24, 2.45) is 0 Å². The van der Waals surface area contributed by atoms with E-state index in [2.05, 4.69) is 46.7 Å². The molecule has 3 aromatic carbocycles. The molecular formula is C23H18ClN3. The summed E-state index contributed by atoms with van der Waals surface area (Å²) < 4.78 is 0. The van der Waals surface area contributed by atoms with E-state index in [0.29, 0.717) is 5.15 Å². The summed E-state index contributed by atoms with van der Waals surface area (Å²) in [5.74, 6) is 0. The minimum Gasteiger partial charge on any atom is -0.399 e. The van der Waals surface area contributed by atoms with Gasteiger partial charge in [-0.1, -0.05) is 60.1 Å². The molecule has 1 aromatic heterocycles. The van der Waals surface area contributed by atoms with E-state index in [1.165, 1.54) is 0 Å². The highest BCUT2D eigenvalue weighted by molar-refractivity contribution is 6.32. The van der Waals surface area contributed by atoms with Gasteiger partial charge in [0.1, 0.15) is 0 Å². The van der Waals surface area contributed by atoms with Crippen LogP contribution < -0.4 is 11.1 Å². The molecule has 0 atom stereocenters. The number of nitrogens with two attached hydrogens (primary N) is 1. The molecule has 4 heteroatoms. The van der Waals surface area contributed by atoms with E-state index >= 15 is 0 Å². The van der Waals surface area contributed by atoms with Crippen molar-refractivity contribution in [1.82, 2.24) is 4.98 Å². The minimum atomic E-state index is 0.441. The molecule has 0 saturated carbocycles. The number of anilines is 3. The molecule has 132 valence electrons. The van der Waals surface area contributed by atoms with Crippen molar-refractivity contribution >= 4 is 28.7 Å². The molecule has 0 aliphatic carbocycles. The van der Waals surface area contributed by atoms with Crippen molar-refractivity contribution in [3.05, 3.63) is 96.3 Å². The molecule has 3 N–H and O–H groups in total. The zero-order chi connectivity index (χ0) is 18.6. The number of pyridine rings is 1. The molecule has 0 amide bonds. The van der Waals surface area contributed by atoms with E-state index in [1.54, 1.807) is 6.20 Å². The summed E-state index contributed by atoms with van der Waals surface area (Å²) in [4.78, 5) is 4.14. The van der Waals surface area contributed by atoms with Crippen LogP contribution in [0.15, 0.2) is 91.1 Å². The second-order valence-corrected chi connectivity index (χ2v) is 6.58. The van der Waals surface area contributed by atoms with Crippen LogP contribution in [0.5, 0.6) is 0 Å². The van der Waals surface area contributed by atoms with Gasteiger partial charge in [-0.25, -0.2) is 4.98 Å². The number of nitrogens with one attached hydrogen (secondary N) is 1. The first-order valence-electron chi connectivity index (χ1n) is 8.63. The fourth-order valence-electron chi connectivity index (χ4n) is 3.03. The third kappa shape index (κ3) is 3.78. The van der Waals surface area contributed by atoms with E-state index in [9.17, 15) is 0 Å². The molecule has 3 nitrogen and oxygen atoms in total. The Morgan fingerprint density at radius 2 is 1.48 bits per heavy atom. The Labute approximate surface area is 163 Å². The first-order valence-corrected chi connectivity index (χ1v) is 9.01. The van der Waals surface area contributed by atoms with Crippen molar-refractivity contribution in [3.8, 4) is 22.3 Å². The molecule has 0 fully saturated rings. The summed E-state index contributed by atoms with van der Waals surface area (Å²) in [6.07, 6.45) is 1.68. The first kappa shape index (κ1) is 17.1. The maximum atomic E-state index is 6.23. The molecule has 0 radical (unpaired) electrons. The Kier molecular flexibility index (Phi) is 4.77. The lowest BCUT2D eigenvalue weighted by molar-refractivity contribution is 1.32. The van der Waals surface area contributed by atoms with E-state index in [0.717, 1.165) is 39.3 Å². The smallest absolute Gasteiger partial charge is 0.152 e. The SMILES string of the molecule is Nc1cccc(-c2ccc(Nc3cccnc3Cl)c(-c3ccccc3)c2)c1. The van der Waals surface area contributed by atoms with Crippen molar-refractivity contribution < 1.29 is 0 Å². The van der Waals surface area contributed by atoms with Gasteiger partial charge in [0.2, 0.25) is 0 Å². The van der Waals surface area contributed by atoms with Crippen LogP contribution in [0.4, 0.5) is 17.1 Å². The highest BCUT2D eigenvalue weighted by Crippen LogP contribution is 2.35. The van der Waals surface area contributed by atoms with Crippen LogP contribution in [-0.4, -0.2) is 4.98 Å². The molecule has 0 unspecified atom stereocenters. The van der Waals surface area contributed by atoms with Crippen LogP contribution in [0.1, 0.15) is 0 Å². The number of hydrogen-bond acceptors (Lipinski definition) is 3. The van der Waals surface area contributed by atoms with Gasteiger partial charge in [0.05, 0.1) is 5.69 Å². The lowest BCUT2D eigenvalue weighted by atomic mass is 9.97. The lowest BCUT2D eigenvalue weighted by Gasteiger charge is -2.15. The standard InChI is InChI=1S/C23H18ClN3/c24-23-22(10-5-13-26-23)27-21-12-11-18(17-8-4-9-19(25)14-17)15-20(21)16-6-2-1-3-7-16/h1-15,27H,25H2. The number of benzene rings is 3. The lowest BCUT2D eigenvalue weighted by Crippen LogP contribution is -1.96. The van der Waals surface area contributed by atoms with Gasteiger partial charge in [0.15, 0.2) is 5.15 Å². The molecule has 4 aromatic rings. The van der Waals surface area contributed by atoms with Crippen molar-refractivity contribution in [2.45, 2.75) is 0 Å². The summed E-state index contributed by atoms with van der Waals surface area (Å²) >= 11 is 6.23. The minimum absolute atomic E-state index is 0.441. The summed E-state index contributed by atoms with van der Waals surface area (Å²) in [5.41, 5.74) is 12.8. The van der Waals surface area contributed by atoms with E-state index in [1.807, 2.05) is 48.5 Å². The highest BCUT2D eigenvalue weighted by Gasteiger charge is 2.10. The van der Waals surface area contributed by atoms with E-state index in [4.69, 9.17) is 17.3 Å². The van der Waals surface area contributed by atoms with Crippen LogP contribution in [0, 0.1) is 0 Å². The first-order chi connectivity index (χ1) is 13.2. The predicted molar refractivity (Wildman–Crippen MR) is 114 cm³/mol. The van der Waals surface area contributed by atoms with Crippen molar-refractivity contribution in [2.75, 3.05) is 11.1 Å². The van der Waals surface area contributed by atoms with Crippen LogP contribution in [-0.2, 0) is 0 Å². The second kappa shape index (κ2) is 7.52. The Morgan fingerprint density at radius 1 is 0.704 bits per heavy atom. The molecule has 27 heavy (non-hydrogen) atoms. The average Bonchev–Trinajstić information content (AvgIpc) is 2.71. The third-order valence-electron chi connectivity index (χ3n) is 4.35. The van der Waals surface area contributed by atoms with Crippen molar-refractivity contribution in [3.63, 3.8) is 0 Å². The molecule has 0 aliphatic heterocycles. The number of rotatable bonds is 4. The zero-order valence-corrected chi connectivity index (χ0v) is 15.3. The van der Waals surface area contributed by atoms with Gasteiger partial charge in [-0.15, -0.1) is 0 Å². The van der Waals surface area contributed by atoms with Crippen molar-refractivity contribution in [1.29, 1.82) is 0 Å². The molecule has 0 bridgehead atoms. The van der Waals surface area contributed by atoms with Crippen LogP contribution >= 0.6 is 11.6 Å². The van der Waals surface area contributed by atoms with Crippen LogP contribution in [0.3, 0.4) is 0 Å². The summed E-state index contributed by atoms with van der Waals surface area (Å²) in [6.45, 7) is 0. The van der Waals surface area contributed by atoms with Gasteiger partial charge in [-0.05, 0) is 53.1 Å². The number of nitrogens with zero attached hydrogens (tertiary/aromatic N) is 1. The monoisotopic (exact) mass is 371 g/mol. The van der Waals surface area contributed by atoms with Gasteiger partial charge < -0.3 is 11.1 Å². The predicted octanol–water partition coefficient (Wildman–Crippen LogP) is 6.39. The molecule has 0 spiro atoms. The molecule has 0 saturated heterocycles. The quantitative estimate of drug-likeness (QED) is 0.322. The molecular weight excluding hydrogens is 354 g/mol. The van der Waals surface area contributed by atoms with Gasteiger partial charge >= 0.3 is 0 Å². The fourth-order valence-corrected chi connectivity index (χ4v) is 3.20. The van der Waals surface area contributed by atoms with Crippen LogP contribution in [0.2, 0.25) is 5.15 Å². The third-order valence-corrected chi connectivity index (χ3v) is 4.65. The maximum absolute atomic E-state index is 6.23. The number of hydrogen-bond donors (Lipinski definition) is 2. The molecule has 4 rings (SSSR count). The summed E-state index contributed by atoms with van der Waals surface area (Å²) in [7, 11) is 0. The Balaban J connectivity index is 1.82. The normalized spacial score (nSPS) is 10.6. The highest BCUT2D eigenvalue weighted by atomic mass is 35.5. The molecule has 0 aliphatic rings. The number of halogens is 1. The average molecular weight is 372 g/mol. The number of nitrogen functional groups attached to an aromatic ring is 1. The van der Waals surface area contributed by atoms with Gasteiger partial charge in [0.25, 0.3) is 0 Å². The Hall–Kier alpha value is -3.30. The summed E-state index contributed by atoms with van der Waals surface area (Å²) in [5, 5.41) is 3.85. The van der Waals surface area contributed by atoms with Gasteiger partial charge in [0, 0.05) is 23.1 Å². The summed E-state index contributed by atoms with van der Waals surface area (Å²) in [6, 6.07) is 28.2. The zero-order valence-electron chi connectivity index (χ0n) is 14.6. The topological polar surface area (TPSA) is 50.9 Å². The van der Waals surface area contributed by atoms with Gasteiger partial charge in [-0.3, -0.25) is 0 Å². The maximum Gasteiger partial charge on any atom is 0.152 e. The number of aromatic nitrogens is 1. The fraction of sp³-hybridized carbons (Fsp3) is 0. The Morgan fingerprint density at radius 3 is 2.26 bits per heavy atom. The Bertz CT molecular complexity index is 1080. The largest absolute Gasteiger partial charge is 0.399 e. The second-order valence-electron chi connectivity index (χ2n) is 6.22. The molecule has 1 heterocycles.